The second-order valence-electron chi connectivity index (χ2n) is 4.88. The van der Waals surface area contributed by atoms with Crippen LogP contribution >= 0.6 is 0 Å². The van der Waals surface area contributed by atoms with E-state index in [-0.39, 0.29) is 18.8 Å². The number of carbonyl (C=O) groups is 1. The van der Waals surface area contributed by atoms with Gasteiger partial charge in [-0.1, -0.05) is 0 Å². The Morgan fingerprint density at radius 1 is 1.43 bits per heavy atom. The molecule has 0 fully saturated rings. The maximum Gasteiger partial charge on any atom is 0.306 e. The van der Waals surface area contributed by atoms with Crippen LogP contribution in [-0.2, 0) is 26.0 Å². The van der Waals surface area contributed by atoms with Crippen molar-refractivity contribution in [2.45, 2.75) is 26.2 Å². The molecule has 0 saturated carbocycles. The minimum Gasteiger partial charge on any atom is -0.466 e. The van der Waals surface area contributed by atoms with Crippen molar-refractivity contribution in [2.24, 2.45) is 0 Å². The molecule has 0 radical (unpaired) electrons. The normalized spacial score (nSPS) is 14.0. The van der Waals surface area contributed by atoms with E-state index in [0.29, 0.717) is 5.69 Å². The average Bonchev–Trinajstić information content (AvgIpc) is 2.45. The molecular formula is C14H20N2O4S. The molecule has 1 aromatic carbocycles. The SMILES string of the molecule is CCOC(=O)CCS(=O)(=O)Nc1ccc2c(c1)CCCN2. The van der Waals surface area contributed by atoms with E-state index in [2.05, 4.69) is 10.0 Å². The first-order chi connectivity index (χ1) is 10.00. The van der Waals surface area contributed by atoms with Crippen LogP contribution in [0.1, 0.15) is 25.3 Å². The van der Waals surface area contributed by atoms with Crippen LogP contribution < -0.4 is 10.0 Å². The van der Waals surface area contributed by atoms with Gasteiger partial charge in [0.15, 0.2) is 0 Å². The quantitative estimate of drug-likeness (QED) is 0.782. The van der Waals surface area contributed by atoms with Crippen molar-refractivity contribution in [1.82, 2.24) is 0 Å². The number of hydrogen-bond donors (Lipinski definition) is 2. The third-order valence-electron chi connectivity index (χ3n) is 3.20. The zero-order valence-corrected chi connectivity index (χ0v) is 12.8. The number of benzene rings is 1. The lowest BCUT2D eigenvalue weighted by Crippen LogP contribution is -2.20. The molecule has 0 aliphatic carbocycles. The highest BCUT2D eigenvalue weighted by molar-refractivity contribution is 7.92. The highest BCUT2D eigenvalue weighted by atomic mass is 32.2. The maximum absolute atomic E-state index is 11.9. The van der Waals surface area contributed by atoms with Crippen LogP contribution in [0.5, 0.6) is 0 Å². The van der Waals surface area contributed by atoms with E-state index in [4.69, 9.17) is 4.74 Å². The summed E-state index contributed by atoms with van der Waals surface area (Å²) in [5.41, 5.74) is 2.68. The summed E-state index contributed by atoms with van der Waals surface area (Å²) in [4.78, 5) is 11.2. The van der Waals surface area contributed by atoms with E-state index in [9.17, 15) is 13.2 Å². The lowest BCUT2D eigenvalue weighted by atomic mass is 10.0. The zero-order chi connectivity index (χ0) is 15.3. The highest BCUT2D eigenvalue weighted by Gasteiger charge is 2.15. The predicted octanol–water partition coefficient (Wildman–Crippen LogP) is 1.74. The zero-order valence-electron chi connectivity index (χ0n) is 12.0. The van der Waals surface area contributed by atoms with Gasteiger partial charge in [0.05, 0.1) is 18.8 Å². The summed E-state index contributed by atoms with van der Waals surface area (Å²) in [6.45, 7) is 2.88. The van der Waals surface area contributed by atoms with Gasteiger partial charge >= 0.3 is 5.97 Å². The van der Waals surface area contributed by atoms with Crippen molar-refractivity contribution >= 4 is 27.4 Å². The number of nitrogens with one attached hydrogen (secondary N) is 2. The van der Waals surface area contributed by atoms with Gasteiger partial charge in [0, 0.05) is 17.9 Å². The Bertz CT molecular complexity index is 613. The van der Waals surface area contributed by atoms with E-state index in [1.807, 2.05) is 12.1 Å². The largest absolute Gasteiger partial charge is 0.466 e. The van der Waals surface area contributed by atoms with Crippen LogP contribution in [0.15, 0.2) is 18.2 Å². The molecule has 1 aromatic rings. The Morgan fingerprint density at radius 2 is 2.24 bits per heavy atom. The predicted molar refractivity (Wildman–Crippen MR) is 81.9 cm³/mol. The molecule has 2 N–H and O–H groups in total. The van der Waals surface area contributed by atoms with E-state index >= 15 is 0 Å². The number of esters is 1. The fourth-order valence-corrected chi connectivity index (χ4v) is 3.24. The van der Waals surface area contributed by atoms with Crippen molar-refractivity contribution in [3.8, 4) is 0 Å². The first kappa shape index (κ1) is 15.6. The first-order valence-corrected chi connectivity index (χ1v) is 8.68. The third kappa shape index (κ3) is 4.63. The summed E-state index contributed by atoms with van der Waals surface area (Å²) in [6, 6.07) is 5.43. The van der Waals surface area contributed by atoms with Crippen LogP contribution in [0.3, 0.4) is 0 Å². The van der Waals surface area contributed by atoms with Gasteiger partial charge in [-0.3, -0.25) is 9.52 Å². The summed E-state index contributed by atoms with van der Waals surface area (Å²) in [6.07, 6.45) is 1.82. The van der Waals surface area contributed by atoms with Gasteiger partial charge in [-0.05, 0) is 43.5 Å². The molecule has 0 bridgehead atoms. The summed E-state index contributed by atoms with van der Waals surface area (Å²) in [5.74, 6) is -0.779. The van der Waals surface area contributed by atoms with Crippen molar-refractivity contribution in [3.63, 3.8) is 0 Å². The number of hydrogen-bond acceptors (Lipinski definition) is 5. The highest BCUT2D eigenvalue weighted by Crippen LogP contribution is 2.25. The van der Waals surface area contributed by atoms with Gasteiger partial charge in [-0.2, -0.15) is 0 Å². The minimum atomic E-state index is -3.55. The summed E-state index contributed by atoms with van der Waals surface area (Å²) >= 11 is 0. The van der Waals surface area contributed by atoms with Gasteiger partial charge in [-0.25, -0.2) is 8.42 Å². The Kier molecular flexibility index (Phi) is 5.06. The Hall–Kier alpha value is -1.76. The average molecular weight is 312 g/mol. The molecule has 0 atom stereocenters. The molecule has 6 nitrogen and oxygen atoms in total. The standard InChI is InChI=1S/C14H20N2O4S/c1-2-20-14(17)7-9-21(18,19)16-12-5-6-13-11(10-12)4-3-8-15-13/h5-6,10,15-16H,2-4,7-9H2,1H3. The number of fused-ring (bicyclic) bond motifs is 1. The molecule has 1 aliphatic heterocycles. The van der Waals surface area contributed by atoms with Gasteiger partial charge < -0.3 is 10.1 Å². The summed E-state index contributed by atoms with van der Waals surface area (Å²) in [5, 5.41) is 3.27. The number of carbonyl (C=O) groups excluding carboxylic acids is 1. The third-order valence-corrected chi connectivity index (χ3v) is 4.49. The van der Waals surface area contributed by atoms with Crippen molar-refractivity contribution in [2.75, 3.05) is 28.9 Å². The van der Waals surface area contributed by atoms with E-state index in [0.717, 1.165) is 30.6 Å². The fraction of sp³-hybridized carbons (Fsp3) is 0.500. The number of ether oxygens (including phenoxy) is 1. The van der Waals surface area contributed by atoms with Gasteiger partial charge in [0.2, 0.25) is 10.0 Å². The maximum atomic E-state index is 11.9. The molecule has 116 valence electrons. The molecule has 7 heteroatoms. The summed E-state index contributed by atoms with van der Waals surface area (Å²) < 4.78 is 31.1. The molecule has 0 aromatic heterocycles. The molecule has 1 heterocycles. The van der Waals surface area contributed by atoms with Crippen molar-refractivity contribution in [3.05, 3.63) is 23.8 Å². The number of aryl methyl sites for hydroxylation is 1. The topological polar surface area (TPSA) is 84.5 Å². The number of sulfonamides is 1. The fourth-order valence-electron chi connectivity index (χ4n) is 2.22. The van der Waals surface area contributed by atoms with Crippen molar-refractivity contribution in [1.29, 1.82) is 0 Å². The van der Waals surface area contributed by atoms with Crippen molar-refractivity contribution < 1.29 is 17.9 Å². The van der Waals surface area contributed by atoms with E-state index in [1.165, 1.54) is 0 Å². The molecule has 0 spiro atoms. The monoisotopic (exact) mass is 312 g/mol. The van der Waals surface area contributed by atoms with Crippen LogP contribution in [0.25, 0.3) is 0 Å². The number of anilines is 2. The molecular weight excluding hydrogens is 292 g/mol. The van der Waals surface area contributed by atoms with Crippen LogP contribution in [0, 0.1) is 0 Å². The molecule has 0 unspecified atom stereocenters. The van der Waals surface area contributed by atoms with Crippen LogP contribution in [0.2, 0.25) is 0 Å². The van der Waals surface area contributed by atoms with Gasteiger partial charge in [0.25, 0.3) is 0 Å². The van der Waals surface area contributed by atoms with Gasteiger partial charge in [0.1, 0.15) is 0 Å². The van der Waals surface area contributed by atoms with E-state index in [1.54, 1.807) is 13.0 Å². The summed E-state index contributed by atoms with van der Waals surface area (Å²) in [7, 11) is -3.55. The molecule has 21 heavy (non-hydrogen) atoms. The van der Waals surface area contributed by atoms with E-state index < -0.39 is 16.0 Å². The Morgan fingerprint density at radius 3 is 3.00 bits per heavy atom. The Balaban J connectivity index is 1.98. The minimum absolute atomic E-state index is 0.143. The van der Waals surface area contributed by atoms with Gasteiger partial charge in [-0.15, -0.1) is 0 Å². The first-order valence-electron chi connectivity index (χ1n) is 7.03. The van der Waals surface area contributed by atoms with Crippen LogP contribution in [0.4, 0.5) is 11.4 Å². The molecule has 1 aliphatic rings. The lowest BCUT2D eigenvalue weighted by molar-refractivity contribution is -0.142. The smallest absolute Gasteiger partial charge is 0.306 e. The Labute approximate surface area is 124 Å². The molecule has 0 saturated heterocycles. The second-order valence-corrected chi connectivity index (χ2v) is 6.72. The molecule has 2 rings (SSSR count). The number of rotatable bonds is 6. The van der Waals surface area contributed by atoms with Crippen LogP contribution in [-0.4, -0.2) is 33.3 Å². The lowest BCUT2D eigenvalue weighted by Gasteiger charge is -2.19. The molecule has 0 amide bonds. The second kappa shape index (κ2) is 6.80.